The topological polar surface area (TPSA) is 56.1 Å². The van der Waals surface area contributed by atoms with Crippen LogP contribution in [0.5, 0.6) is 0 Å². The number of halogens is 2. The molecule has 0 aliphatic heterocycles. The zero-order valence-electron chi connectivity index (χ0n) is 14.3. The standard InChI is InChI=1S/C19H19Cl2N3O2/c1-26-12-19(25)22-10-9-18-23-16-7-2-3-8-17(16)24(18)11-13-14(20)5-4-6-15(13)21/h2-8H,9-12H2,1H3,(H,22,25). The van der Waals surface area contributed by atoms with Gasteiger partial charge in [-0.15, -0.1) is 0 Å². The van der Waals surface area contributed by atoms with E-state index in [9.17, 15) is 4.79 Å². The van der Waals surface area contributed by atoms with Crippen LogP contribution in [-0.2, 0) is 22.5 Å². The van der Waals surface area contributed by atoms with Gasteiger partial charge >= 0.3 is 0 Å². The predicted molar refractivity (Wildman–Crippen MR) is 104 cm³/mol. The summed E-state index contributed by atoms with van der Waals surface area (Å²) in [5, 5.41) is 4.06. The Balaban J connectivity index is 1.89. The number of hydrogen-bond donors (Lipinski definition) is 1. The minimum Gasteiger partial charge on any atom is -0.375 e. The average molecular weight is 392 g/mol. The van der Waals surface area contributed by atoms with Gasteiger partial charge in [-0.3, -0.25) is 4.79 Å². The van der Waals surface area contributed by atoms with Crippen LogP contribution < -0.4 is 5.32 Å². The van der Waals surface area contributed by atoms with Crippen LogP contribution in [0.4, 0.5) is 0 Å². The molecule has 0 spiro atoms. The fourth-order valence-electron chi connectivity index (χ4n) is 2.83. The van der Waals surface area contributed by atoms with Crippen LogP contribution in [0.1, 0.15) is 11.4 Å². The zero-order valence-corrected chi connectivity index (χ0v) is 15.8. The van der Waals surface area contributed by atoms with Gasteiger partial charge in [0.2, 0.25) is 5.91 Å². The van der Waals surface area contributed by atoms with Gasteiger partial charge in [0.15, 0.2) is 0 Å². The van der Waals surface area contributed by atoms with Gasteiger partial charge < -0.3 is 14.6 Å². The molecule has 7 heteroatoms. The van der Waals surface area contributed by atoms with Crippen molar-refractivity contribution in [3.05, 3.63) is 63.9 Å². The zero-order chi connectivity index (χ0) is 18.5. The lowest BCUT2D eigenvalue weighted by Gasteiger charge is -2.12. The molecule has 0 saturated carbocycles. The van der Waals surface area contributed by atoms with Crippen molar-refractivity contribution in [2.45, 2.75) is 13.0 Å². The summed E-state index contributed by atoms with van der Waals surface area (Å²) in [6.07, 6.45) is 0.589. The normalized spacial score (nSPS) is 11.0. The minimum atomic E-state index is -0.149. The van der Waals surface area contributed by atoms with Crippen molar-refractivity contribution in [1.82, 2.24) is 14.9 Å². The van der Waals surface area contributed by atoms with Crippen molar-refractivity contribution in [2.75, 3.05) is 20.3 Å². The number of benzene rings is 2. The van der Waals surface area contributed by atoms with Crippen LogP contribution >= 0.6 is 23.2 Å². The Kier molecular flexibility index (Phi) is 6.14. The number of nitrogens with one attached hydrogen (secondary N) is 1. The van der Waals surface area contributed by atoms with Gasteiger partial charge in [0.05, 0.1) is 17.6 Å². The number of imidazole rings is 1. The van der Waals surface area contributed by atoms with Crippen molar-refractivity contribution in [3.8, 4) is 0 Å². The number of carbonyl (C=O) groups excluding carboxylic acids is 1. The summed E-state index contributed by atoms with van der Waals surface area (Å²) in [4.78, 5) is 16.3. The van der Waals surface area contributed by atoms with Crippen molar-refractivity contribution >= 4 is 40.1 Å². The van der Waals surface area contributed by atoms with Crippen molar-refractivity contribution in [1.29, 1.82) is 0 Å². The van der Waals surface area contributed by atoms with Crippen LogP contribution in [0.2, 0.25) is 10.0 Å². The molecule has 0 radical (unpaired) electrons. The number of nitrogens with zero attached hydrogens (tertiary/aromatic N) is 2. The third-order valence-electron chi connectivity index (χ3n) is 4.06. The Bertz CT molecular complexity index is 904. The molecule has 1 amide bonds. The number of aromatic nitrogens is 2. The van der Waals surface area contributed by atoms with Crippen LogP contribution in [0.15, 0.2) is 42.5 Å². The molecule has 0 unspecified atom stereocenters. The van der Waals surface area contributed by atoms with E-state index in [1.807, 2.05) is 42.5 Å². The Morgan fingerprint density at radius 3 is 2.62 bits per heavy atom. The fourth-order valence-corrected chi connectivity index (χ4v) is 3.35. The summed E-state index contributed by atoms with van der Waals surface area (Å²) in [7, 11) is 1.49. The van der Waals surface area contributed by atoms with E-state index in [0.29, 0.717) is 29.6 Å². The van der Waals surface area contributed by atoms with Crippen LogP contribution in [0.3, 0.4) is 0 Å². The average Bonchev–Trinajstić information content (AvgIpc) is 2.96. The molecule has 3 rings (SSSR count). The maximum absolute atomic E-state index is 11.6. The van der Waals surface area contributed by atoms with Gasteiger partial charge in [0, 0.05) is 35.7 Å². The van der Waals surface area contributed by atoms with E-state index in [-0.39, 0.29) is 12.5 Å². The largest absolute Gasteiger partial charge is 0.375 e. The number of rotatable bonds is 7. The molecule has 0 aliphatic rings. The van der Waals surface area contributed by atoms with Crippen molar-refractivity contribution in [3.63, 3.8) is 0 Å². The highest BCUT2D eigenvalue weighted by Gasteiger charge is 2.14. The van der Waals surface area contributed by atoms with E-state index in [2.05, 4.69) is 9.88 Å². The molecule has 26 heavy (non-hydrogen) atoms. The quantitative estimate of drug-likeness (QED) is 0.667. The molecule has 0 aliphatic carbocycles. The van der Waals surface area contributed by atoms with Crippen molar-refractivity contribution in [2.24, 2.45) is 0 Å². The number of methoxy groups -OCH3 is 1. The predicted octanol–water partition coefficient (Wildman–Crippen LogP) is 3.70. The lowest BCUT2D eigenvalue weighted by Crippen LogP contribution is -2.29. The SMILES string of the molecule is COCC(=O)NCCc1nc2ccccc2n1Cc1c(Cl)cccc1Cl. The first-order chi connectivity index (χ1) is 12.6. The van der Waals surface area contributed by atoms with E-state index in [1.54, 1.807) is 0 Å². The monoisotopic (exact) mass is 391 g/mol. The van der Waals surface area contributed by atoms with E-state index >= 15 is 0 Å². The summed E-state index contributed by atoms with van der Waals surface area (Å²) < 4.78 is 6.91. The Hall–Kier alpha value is -2.08. The molecule has 0 fully saturated rings. The summed E-state index contributed by atoms with van der Waals surface area (Å²) >= 11 is 12.7. The maximum Gasteiger partial charge on any atom is 0.245 e. The van der Waals surface area contributed by atoms with E-state index in [4.69, 9.17) is 32.9 Å². The third-order valence-corrected chi connectivity index (χ3v) is 4.77. The highest BCUT2D eigenvalue weighted by molar-refractivity contribution is 6.36. The molecule has 5 nitrogen and oxygen atoms in total. The van der Waals surface area contributed by atoms with Gasteiger partial charge in [-0.05, 0) is 24.3 Å². The second kappa shape index (κ2) is 8.54. The summed E-state index contributed by atoms with van der Waals surface area (Å²) in [6, 6.07) is 13.4. The number of hydrogen-bond acceptors (Lipinski definition) is 3. The van der Waals surface area contributed by atoms with E-state index in [1.165, 1.54) is 7.11 Å². The molecule has 2 aromatic carbocycles. The molecule has 136 valence electrons. The number of carbonyl (C=O) groups is 1. The molecule has 0 atom stereocenters. The number of fused-ring (bicyclic) bond motifs is 1. The smallest absolute Gasteiger partial charge is 0.245 e. The molecule has 0 bridgehead atoms. The van der Waals surface area contributed by atoms with Gasteiger partial charge in [0.25, 0.3) is 0 Å². The van der Waals surface area contributed by atoms with Gasteiger partial charge in [-0.1, -0.05) is 41.4 Å². The second-order valence-electron chi connectivity index (χ2n) is 5.84. The molecule has 0 saturated heterocycles. The molecule has 1 N–H and O–H groups in total. The molecule has 1 heterocycles. The summed E-state index contributed by atoms with van der Waals surface area (Å²) in [5.74, 6) is 0.712. The first-order valence-electron chi connectivity index (χ1n) is 8.23. The van der Waals surface area contributed by atoms with Gasteiger partial charge in [0.1, 0.15) is 12.4 Å². The third kappa shape index (κ3) is 4.18. The Morgan fingerprint density at radius 2 is 1.88 bits per heavy atom. The maximum atomic E-state index is 11.6. The van der Waals surface area contributed by atoms with Crippen LogP contribution in [0.25, 0.3) is 11.0 Å². The van der Waals surface area contributed by atoms with Crippen LogP contribution in [0, 0.1) is 0 Å². The first kappa shape index (κ1) is 18.7. The minimum absolute atomic E-state index is 0.0473. The number of ether oxygens (including phenoxy) is 1. The number of amides is 1. The second-order valence-corrected chi connectivity index (χ2v) is 6.65. The van der Waals surface area contributed by atoms with Crippen LogP contribution in [-0.4, -0.2) is 35.7 Å². The molecular weight excluding hydrogens is 373 g/mol. The fraction of sp³-hybridized carbons (Fsp3) is 0.263. The molecule has 1 aromatic heterocycles. The first-order valence-corrected chi connectivity index (χ1v) is 8.98. The highest BCUT2D eigenvalue weighted by atomic mass is 35.5. The molecule has 3 aromatic rings. The van der Waals surface area contributed by atoms with E-state index in [0.717, 1.165) is 22.4 Å². The summed E-state index contributed by atoms with van der Waals surface area (Å²) in [5.41, 5.74) is 2.75. The Morgan fingerprint density at radius 1 is 1.15 bits per heavy atom. The van der Waals surface area contributed by atoms with E-state index < -0.39 is 0 Å². The number of para-hydroxylation sites is 2. The van der Waals surface area contributed by atoms with Gasteiger partial charge in [-0.2, -0.15) is 0 Å². The Labute approximate surface area is 161 Å². The summed E-state index contributed by atoms with van der Waals surface area (Å²) in [6.45, 7) is 1.04. The highest BCUT2D eigenvalue weighted by Crippen LogP contribution is 2.27. The molecular formula is C19H19Cl2N3O2. The van der Waals surface area contributed by atoms with Gasteiger partial charge in [-0.25, -0.2) is 4.98 Å². The lowest BCUT2D eigenvalue weighted by molar-refractivity contribution is -0.124. The van der Waals surface area contributed by atoms with Crippen molar-refractivity contribution < 1.29 is 9.53 Å². The lowest BCUT2D eigenvalue weighted by atomic mass is 10.2.